The molecule has 2 aromatic carbocycles. The third-order valence-corrected chi connectivity index (χ3v) is 3.86. The van der Waals surface area contributed by atoms with Gasteiger partial charge in [0.05, 0.1) is 4.90 Å². The molecule has 0 unspecified atom stereocenters. The minimum absolute atomic E-state index is 0.0202. The molecule has 112 valence electrons. The fourth-order valence-electron chi connectivity index (χ4n) is 1.56. The van der Waals surface area contributed by atoms with Gasteiger partial charge in [0.25, 0.3) is 16.0 Å². The highest BCUT2D eigenvalue weighted by molar-refractivity contribution is 7.90. The normalized spacial score (nSPS) is 11.6. The summed E-state index contributed by atoms with van der Waals surface area (Å²) in [6.07, 6.45) is 0. The number of azide groups is 1. The second-order valence-corrected chi connectivity index (χ2v) is 5.87. The molecule has 0 aliphatic rings. The lowest BCUT2D eigenvalue weighted by Gasteiger charge is -2.05. The first-order valence-corrected chi connectivity index (χ1v) is 7.65. The van der Waals surface area contributed by atoms with Gasteiger partial charge in [-0.15, -0.1) is 4.40 Å². The second kappa shape index (κ2) is 6.75. The van der Waals surface area contributed by atoms with Crippen molar-refractivity contribution in [1.29, 1.82) is 0 Å². The van der Waals surface area contributed by atoms with Crippen molar-refractivity contribution in [3.63, 3.8) is 0 Å². The van der Waals surface area contributed by atoms with Crippen molar-refractivity contribution in [1.82, 2.24) is 0 Å². The zero-order valence-corrected chi connectivity index (χ0v) is 12.4. The van der Waals surface area contributed by atoms with Gasteiger partial charge in [-0.2, -0.15) is 8.42 Å². The first-order valence-electron chi connectivity index (χ1n) is 6.21. The van der Waals surface area contributed by atoms with Crippen LogP contribution in [0.25, 0.3) is 10.4 Å². The van der Waals surface area contributed by atoms with E-state index in [9.17, 15) is 8.42 Å². The van der Waals surface area contributed by atoms with Crippen LogP contribution in [0, 0.1) is 6.92 Å². The molecule has 0 radical (unpaired) electrons. The average Bonchev–Trinajstić information content (AvgIpc) is 2.50. The van der Waals surface area contributed by atoms with E-state index < -0.39 is 16.0 Å². The lowest BCUT2D eigenvalue weighted by Crippen LogP contribution is -2.09. The average molecular weight is 316 g/mol. The van der Waals surface area contributed by atoms with Crippen LogP contribution in [0.4, 0.5) is 0 Å². The standard InChI is InChI=1S/C14H12N4O3S/c1-11-7-9-12(10-8-11)21-14(16-18-15)17-22(19,20)13-5-3-2-4-6-13/h2-10H,1H3/b17-14-. The quantitative estimate of drug-likeness (QED) is 0.285. The molecule has 0 saturated heterocycles. The maximum atomic E-state index is 12.1. The molecule has 7 nitrogen and oxygen atoms in total. The Kier molecular flexibility index (Phi) is 4.77. The second-order valence-electron chi connectivity index (χ2n) is 4.27. The van der Waals surface area contributed by atoms with Crippen molar-refractivity contribution < 1.29 is 13.2 Å². The summed E-state index contributed by atoms with van der Waals surface area (Å²) in [5.41, 5.74) is 9.53. The van der Waals surface area contributed by atoms with Crippen LogP contribution >= 0.6 is 0 Å². The highest BCUT2D eigenvalue weighted by Gasteiger charge is 2.14. The van der Waals surface area contributed by atoms with Gasteiger partial charge in [0.2, 0.25) is 0 Å². The summed E-state index contributed by atoms with van der Waals surface area (Å²) in [7, 11) is -4.01. The molecule has 2 aromatic rings. The monoisotopic (exact) mass is 316 g/mol. The summed E-state index contributed by atoms with van der Waals surface area (Å²) in [6, 6.07) is 13.8. The summed E-state index contributed by atoms with van der Waals surface area (Å²) in [5, 5.41) is 3.18. The number of nitrogens with zero attached hydrogens (tertiary/aromatic N) is 4. The fourth-order valence-corrected chi connectivity index (χ4v) is 2.44. The fraction of sp³-hybridized carbons (Fsp3) is 0.0714. The van der Waals surface area contributed by atoms with E-state index in [0.717, 1.165) is 5.56 Å². The third-order valence-electron chi connectivity index (χ3n) is 2.60. The molecule has 0 saturated carbocycles. The Morgan fingerprint density at radius 1 is 1.09 bits per heavy atom. The minimum atomic E-state index is -4.01. The predicted molar refractivity (Wildman–Crippen MR) is 82.0 cm³/mol. The number of sulfonamides is 1. The van der Waals surface area contributed by atoms with Gasteiger partial charge in [-0.05, 0) is 41.8 Å². The van der Waals surface area contributed by atoms with Gasteiger partial charge >= 0.3 is 0 Å². The smallest absolute Gasteiger partial charge is 0.295 e. The van der Waals surface area contributed by atoms with E-state index in [1.807, 2.05) is 6.92 Å². The van der Waals surface area contributed by atoms with E-state index in [2.05, 4.69) is 14.4 Å². The Bertz CT molecular complexity index is 824. The SMILES string of the molecule is Cc1ccc(O/C(N=[N+]=[N-])=N\S(=O)(=O)c2ccccc2)cc1. The van der Waals surface area contributed by atoms with Crippen molar-refractivity contribution in [3.05, 3.63) is 70.6 Å². The minimum Gasteiger partial charge on any atom is -0.437 e. The molecular weight excluding hydrogens is 304 g/mol. The molecule has 2 rings (SSSR count). The number of rotatable bonds is 3. The lowest BCUT2D eigenvalue weighted by atomic mass is 10.2. The van der Waals surface area contributed by atoms with E-state index in [4.69, 9.17) is 10.3 Å². The van der Waals surface area contributed by atoms with Gasteiger partial charge < -0.3 is 4.74 Å². The van der Waals surface area contributed by atoms with Crippen molar-refractivity contribution in [2.45, 2.75) is 11.8 Å². The largest absolute Gasteiger partial charge is 0.437 e. The Morgan fingerprint density at radius 2 is 1.73 bits per heavy atom. The van der Waals surface area contributed by atoms with Crippen molar-refractivity contribution in [2.24, 2.45) is 9.51 Å². The number of benzene rings is 2. The molecule has 0 fully saturated rings. The van der Waals surface area contributed by atoms with Gasteiger partial charge in [0.15, 0.2) is 0 Å². The van der Waals surface area contributed by atoms with Gasteiger partial charge in [-0.3, -0.25) is 0 Å². The van der Waals surface area contributed by atoms with E-state index in [-0.39, 0.29) is 4.90 Å². The summed E-state index contributed by atoms with van der Waals surface area (Å²) >= 11 is 0. The maximum absolute atomic E-state index is 12.1. The first-order chi connectivity index (χ1) is 10.5. The van der Waals surface area contributed by atoms with Crippen LogP contribution in [0.2, 0.25) is 0 Å². The summed E-state index contributed by atoms with van der Waals surface area (Å²) in [5.74, 6) is 0.319. The van der Waals surface area contributed by atoms with Crippen molar-refractivity contribution in [3.8, 4) is 5.75 Å². The first kappa shape index (κ1) is 15.6. The van der Waals surface area contributed by atoms with Crippen LogP contribution in [0.1, 0.15) is 5.56 Å². The highest BCUT2D eigenvalue weighted by Crippen LogP contribution is 2.15. The Morgan fingerprint density at radius 3 is 2.32 bits per heavy atom. The summed E-state index contributed by atoms with van der Waals surface area (Å²) in [6.45, 7) is 1.89. The Balaban J connectivity index is 2.35. The van der Waals surface area contributed by atoms with Crippen LogP contribution in [0.5, 0.6) is 5.75 Å². The highest BCUT2D eigenvalue weighted by atomic mass is 32.2. The van der Waals surface area contributed by atoms with E-state index in [1.54, 1.807) is 42.5 Å². The van der Waals surface area contributed by atoms with Crippen molar-refractivity contribution in [2.75, 3.05) is 0 Å². The van der Waals surface area contributed by atoms with E-state index >= 15 is 0 Å². The zero-order valence-electron chi connectivity index (χ0n) is 11.6. The maximum Gasteiger partial charge on any atom is 0.295 e. The molecule has 0 heterocycles. The molecule has 0 aliphatic heterocycles. The summed E-state index contributed by atoms with van der Waals surface area (Å²) in [4.78, 5) is 2.51. The molecule has 0 spiro atoms. The molecular formula is C14H12N4O3S. The molecule has 22 heavy (non-hydrogen) atoms. The number of amidine groups is 1. The molecule has 0 aliphatic carbocycles. The molecule has 0 atom stereocenters. The van der Waals surface area contributed by atoms with E-state index in [0.29, 0.717) is 5.75 Å². The van der Waals surface area contributed by atoms with Crippen LogP contribution in [-0.4, -0.2) is 14.4 Å². The van der Waals surface area contributed by atoms with Crippen LogP contribution in [0.15, 0.2) is 69.0 Å². The molecule has 0 bridgehead atoms. The molecule has 0 aromatic heterocycles. The van der Waals surface area contributed by atoms with Gasteiger partial charge in [-0.1, -0.05) is 35.9 Å². The molecule has 0 amide bonds. The zero-order chi connectivity index (χ0) is 16.0. The summed E-state index contributed by atoms with van der Waals surface area (Å²) < 4.78 is 32.9. The number of hydrogen-bond donors (Lipinski definition) is 0. The van der Waals surface area contributed by atoms with E-state index in [1.165, 1.54) is 12.1 Å². The number of ether oxygens (including phenoxy) is 1. The lowest BCUT2D eigenvalue weighted by molar-refractivity contribution is 0.540. The topological polar surface area (TPSA) is 104 Å². The molecule has 8 heteroatoms. The Hall–Kier alpha value is -2.83. The Labute approximate surface area is 127 Å². The van der Waals surface area contributed by atoms with Crippen LogP contribution in [0.3, 0.4) is 0 Å². The third kappa shape index (κ3) is 4.08. The molecule has 0 N–H and O–H groups in total. The van der Waals surface area contributed by atoms with Gasteiger partial charge in [0.1, 0.15) is 5.75 Å². The number of aryl methyl sites for hydroxylation is 1. The van der Waals surface area contributed by atoms with Crippen LogP contribution in [-0.2, 0) is 10.0 Å². The van der Waals surface area contributed by atoms with Crippen molar-refractivity contribution >= 4 is 16.0 Å². The van der Waals surface area contributed by atoms with Crippen LogP contribution < -0.4 is 4.74 Å². The van der Waals surface area contributed by atoms with Gasteiger partial charge in [0, 0.05) is 4.91 Å². The van der Waals surface area contributed by atoms with Gasteiger partial charge in [-0.25, -0.2) is 0 Å². The number of hydrogen-bond acceptors (Lipinski definition) is 3. The predicted octanol–water partition coefficient (Wildman–Crippen LogP) is 3.43.